The SMILES string of the molecule is CCOc1ccc([C@H]2C(C(=O)Nc3cc(C(F)(F)F)ccc3Cl)=C(C)N=C3CC(C)(C)CC(=O)C32)cc1. The minimum Gasteiger partial charge on any atom is -0.494 e. The Hall–Kier alpha value is -3.13. The molecule has 1 aliphatic heterocycles. The van der Waals surface area contributed by atoms with Crippen molar-refractivity contribution in [2.45, 2.75) is 52.6 Å². The summed E-state index contributed by atoms with van der Waals surface area (Å²) in [6, 6.07) is 9.91. The van der Waals surface area contributed by atoms with E-state index in [-0.39, 0.29) is 27.5 Å². The molecule has 2 aliphatic rings. The molecule has 0 bridgehead atoms. The summed E-state index contributed by atoms with van der Waals surface area (Å²) < 4.78 is 45.4. The predicted octanol–water partition coefficient (Wildman–Crippen LogP) is 7.21. The van der Waals surface area contributed by atoms with Crippen molar-refractivity contribution in [2.24, 2.45) is 16.3 Å². The first-order valence-electron chi connectivity index (χ1n) is 12.0. The van der Waals surface area contributed by atoms with Gasteiger partial charge in [-0.1, -0.05) is 37.6 Å². The van der Waals surface area contributed by atoms with Gasteiger partial charge in [0.2, 0.25) is 0 Å². The number of ether oxygens (including phenoxy) is 1. The highest BCUT2D eigenvalue weighted by Crippen LogP contribution is 2.47. The smallest absolute Gasteiger partial charge is 0.416 e. The standard InChI is InChI=1S/C28H28ClF3N2O3/c1-5-37-18-9-6-16(7-10-18)24-23(15(2)33-21-13-27(3,4)14-22(35)25(21)24)26(36)34-20-12-17(28(30,31)32)8-11-19(20)29/h6-12,24-25H,5,13-14H2,1-4H3,(H,34,36)/t24-,25?/m0/s1. The molecule has 2 atom stereocenters. The second-order valence-corrected chi connectivity index (χ2v) is 10.6. The van der Waals surface area contributed by atoms with Crippen LogP contribution in [0, 0.1) is 11.3 Å². The largest absolute Gasteiger partial charge is 0.494 e. The number of carbonyl (C=O) groups excluding carboxylic acids is 2. The van der Waals surface area contributed by atoms with E-state index in [0.29, 0.717) is 42.2 Å². The lowest BCUT2D eigenvalue weighted by Crippen LogP contribution is -2.44. The average molecular weight is 533 g/mol. The lowest BCUT2D eigenvalue weighted by Gasteiger charge is -2.41. The van der Waals surface area contributed by atoms with E-state index < -0.39 is 29.5 Å². The zero-order chi connectivity index (χ0) is 27.1. The zero-order valence-corrected chi connectivity index (χ0v) is 21.8. The summed E-state index contributed by atoms with van der Waals surface area (Å²) in [6.45, 7) is 8.05. The van der Waals surface area contributed by atoms with E-state index in [0.717, 1.165) is 18.2 Å². The number of fused-ring (bicyclic) bond motifs is 1. The number of carbonyl (C=O) groups is 2. The van der Waals surface area contributed by atoms with E-state index in [1.165, 1.54) is 0 Å². The first kappa shape index (κ1) is 26.9. The van der Waals surface area contributed by atoms with Crippen molar-refractivity contribution in [1.29, 1.82) is 0 Å². The first-order valence-corrected chi connectivity index (χ1v) is 12.4. The van der Waals surface area contributed by atoms with Gasteiger partial charge < -0.3 is 10.1 Å². The summed E-state index contributed by atoms with van der Waals surface area (Å²) in [4.78, 5) is 31.7. The van der Waals surface area contributed by atoms with Crippen molar-refractivity contribution in [1.82, 2.24) is 0 Å². The van der Waals surface area contributed by atoms with Gasteiger partial charge >= 0.3 is 6.18 Å². The highest BCUT2D eigenvalue weighted by atomic mass is 35.5. The monoisotopic (exact) mass is 532 g/mol. The number of hydrogen-bond acceptors (Lipinski definition) is 4. The molecule has 2 aromatic carbocycles. The minimum atomic E-state index is -4.60. The minimum absolute atomic E-state index is 0.0243. The van der Waals surface area contributed by atoms with Gasteiger partial charge in [-0.3, -0.25) is 14.6 Å². The molecule has 1 heterocycles. The number of halogens is 4. The molecule has 4 rings (SSSR count). The fraction of sp³-hybridized carbons (Fsp3) is 0.393. The maximum atomic E-state index is 13.6. The molecule has 196 valence electrons. The Morgan fingerprint density at radius 3 is 2.43 bits per heavy atom. The number of Topliss-reactive ketones (excluding diaryl/α,β-unsaturated/α-hetero) is 1. The Bertz CT molecular complexity index is 1300. The second-order valence-electron chi connectivity index (χ2n) is 10.2. The molecule has 1 saturated carbocycles. The van der Waals surface area contributed by atoms with Crippen LogP contribution in [0.3, 0.4) is 0 Å². The molecule has 9 heteroatoms. The van der Waals surface area contributed by atoms with Gasteiger partial charge in [-0.2, -0.15) is 13.2 Å². The summed E-state index contributed by atoms with van der Waals surface area (Å²) in [5.74, 6) is -1.33. The molecule has 1 unspecified atom stereocenters. The van der Waals surface area contributed by atoms with E-state index >= 15 is 0 Å². The Kier molecular flexibility index (Phi) is 7.25. The van der Waals surface area contributed by atoms with Crippen LogP contribution < -0.4 is 10.1 Å². The van der Waals surface area contributed by atoms with Crippen LogP contribution in [0.4, 0.5) is 18.9 Å². The topological polar surface area (TPSA) is 67.8 Å². The molecule has 2 aromatic rings. The number of anilines is 1. The van der Waals surface area contributed by atoms with E-state index in [1.54, 1.807) is 19.1 Å². The molecule has 1 aliphatic carbocycles. The summed E-state index contributed by atoms with van der Waals surface area (Å²) in [6.07, 6.45) is -3.67. The Morgan fingerprint density at radius 1 is 1.14 bits per heavy atom. The van der Waals surface area contributed by atoms with Crippen molar-refractivity contribution in [2.75, 3.05) is 11.9 Å². The van der Waals surface area contributed by atoms with E-state index in [9.17, 15) is 22.8 Å². The Morgan fingerprint density at radius 2 is 1.81 bits per heavy atom. The number of aliphatic imine (C=N–C) groups is 1. The molecule has 0 spiro atoms. The fourth-order valence-corrected chi connectivity index (χ4v) is 5.34. The Balaban J connectivity index is 1.79. The molecular formula is C28H28ClF3N2O3. The van der Waals surface area contributed by atoms with Gasteiger partial charge in [0, 0.05) is 29.3 Å². The van der Waals surface area contributed by atoms with Crippen LogP contribution in [0.15, 0.2) is 58.7 Å². The number of rotatable bonds is 5. The summed E-state index contributed by atoms with van der Waals surface area (Å²) >= 11 is 6.14. The number of nitrogens with one attached hydrogen (secondary N) is 1. The van der Waals surface area contributed by atoms with Crippen LogP contribution in [0.1, 0.15) is 57.6 Å². The van der Waals surface area contributed by atoms with Crippen LogP contribution in [0.5, 0.6) is 5.75 Å². The molecule has 0 saturated heterocycles. The van der Waals surface area contributed by atoms with Crippen LogP contribution in [0.25, 0.3) is 0 Å². The number of amides is 1. The molecule has 0 aromatic heterocycles. The molecule has 37 heavy (non-hydrogen) atoms. The van der Waals surface area contributed by atoms with Gasteiger partial charge in [0.05, 0.1) is 28.8 Å². The highest BCUT2D eigenvalue weighted by molar-refractivity contribution is 6.34. The molecule has 1 amide bonds. The maximum absolute atomic E-state index is 13.6. The van der Waals surface area contributed by atoms with E-state index in [2.05, 4.69) is 10.3 Å². The summed E-state index contributed by atoms with van der Waals surface area (Å²) in [5, 5.41) is 2.51. The second kappa shape index (κ2) is 9.97. The summed E-state index contributed by atoms with van der Waals surface area (Å²) in [7, 11) is 0. The zero-order valence-electron chi connectivity index (χ0n) is 21.0. The lowest BCUT2D eigenvalue weighted by molar-refractivity contribution is -0.137. The number of alkyl halides is 3. The van der Waals surface area contributed by atoms with Gasteiger partial charge in [-0.15, -0.1) is 0 Å². The Labute approximate surface area is 218 Å². The maximum Gasteiger partial charge on any atom is 0.416 e. The molecule has 1 fully saturated rings. The fourth-order valence-electron chi connectivity index (χ4n) is 5.17. The van der Waals surface area contributed by atoms with Crippen molar-refractivity contribution in [3.8, 4) is 5.75 Å². The summed E-state index contributed by atoms with van der Waals surface area (Å²) in [5.41, 5.74) is 0.699. The lowest BCUT2D eigenvalue weighted by atomic mass is 9.63. The normalized spacial score (nSPS) is 21.3. The molecule has 1 N–H and O–H groups in total. The van der Waals surface area contributed by atoms with Crippen molar-refractivity contribution < 1.29 is 27.5 Å². The van der Waals surface area contributed by atoms with Gasteiger partial charge in [0.25, 0.3) is 5.91 Å². The van der Waals surface area contributed by atoms with Crippen molar-refractivity contribution in [3.63, 3.8) is 0 Å². The van der Waals surface area contributed by atoms with E-state index in [4.69, 9.17) is 16.3 Å². The van der Waals surface area contributed by atoms with Gasteiger partial charge in [0.15, 0.2) is 0 Å². The van der Waals surface area contributed by atoms with Crippen LogP contribution in [-0.2, 0) is 15.8 Å². The number of nitrogens with zero attached hydrogens (tertiary/aromatic N) is 1. The average Bonchev–Trinajstić information content (AvgIpc) is 2.78. The predicted molar refractivity (Wildman–Crippen MR) is 137 cm³/mol. The van der Waals surface area contributed by atoms with Gasteiger partial charge in [0.1, 0.15) is 11.5 Å². The number of benzene rings is 2. The third-order valence-electron chi connectivity index (χ3n) is 6.70. The first-order chi connectivity index (χ1) is 17.3. The molecular weight excluding hydrogens is 505 g/mol. The number of ketones is 1. The van der Waals surface area contributed by atoms with Gasteiger partial charge in [-0.25, -0.2) is 0 Å². The van der Waals surface area contributed by atoms with E-state index in [1.807, 2.05) is 32.9 Å². The van der Waals surface area contributed by atoms with Crippen LogP contribution in [-0.4, -0.2) is 24.0 Å². The number of allylic oxidation sites excluding steroid dienone is 1. The molecule has 0 radical (unpaired) electrons. The van der Waals surface area contributed by atoms with Crippen LogP contribution >= 0.6 is 11.6 Å². The number of hydrogen-bond donors (Lipinski definition) is 1. The molecule has 5 nitrogen and oxygen atoms in total. The van der Waals surface area contributed by atoms with Crippen LogP contribution in [0.2, 0.25) is 5.02 Å². The quantitative estimate of drug-likeness (QED) is 0.442. The van der Waals surface area contributed by atoms with Crippen molar-refractivity contribution in [3.05, 3.63) is 69.9 Å². The highest BCUT2D eigenvalue weighted by Gasteiger charge is 2.47. The van der Waals surface area contributed by atoms with Gasteiger partial charge in [-0.05, 0) is 61.6 Å². The third-order valence-corrected chi connectivity index (χ3v) is 7.03. The third kappa shape index (κ3) is 5.59. The van der Waals surface area contributed by atoms with Crippen molar-refractivity contribution >= 4 is 34.7 Å².